The summed E-state index contributed by atoms with van der Waals surface area (Å²) < 4.78 is 46.7. The number of phenols is 1. The molecule has 0 fully saturated rings. The van der Waals surface area contributed by atoms with Crippen LogP contribution in [0.3, 0.4) is 0 Å². The van der Waals surface area contributed by atoms with Crippen LogP contribution in [0.15, 0.2) is 70.6 Å². The Balaban J connectivity index is 1.93. The normalized spacial score (nSPS) is 11.6. The number of ether oxygens (including phenoxy) is 1. The maximum atomic E-state index is 13.8. The minimum Gasteiger partial charge on any atom is -0.504 e. The van der Waals surface area contributed by atoms with E-state index in [4.69, 9.17) is 4.74 Å². The smallest absolute Gasteiger partial charge is 0.262 e. The molecular weight excluding hydrogens is 395 g/mol. The van der Waals surface area contributed by atoms with Crippen molar-refractivity contribution in [3.8, 4) is 11.5 Å². The highest BCUT2D eigenvalue weighted by molar-refractivity contribution is 7.92. The van der Waals surface area contributed by atoms with E-state index in [0.717, 1.165) is 0 Å². The molecule has 0 heterocycles. The Kier molecular flexibility index (Phi) is 5.84. The van der Waals surface area contributed by atoms with Gasteiger partial charge in [0.1, 0.15) is 5.82 Å². The first-order chi connectivity index (χ1) is 13.8. The van der Waals surface area contributed by atoms with Gasteiger partial charge in [0.05, 0.1) is 23.4 Å². The zero-order chi connectivity index (χ0) is 21.0. The van der Waals surface area contributed by atoms with Crippen LogP contribution in [0.1, 0.15) is 11.1 Å². The highest BCUT2D eigenvalue weighted by atomic mass is 32.2. The molecule has 0 spiro atoms. The lowest BCUT2D eigenvalue weighted by atomic mass is 10.2. The zero-order valence-corrected chi connectivity index (χ0v) is 16.6. The largest absolute Gasteiger partial charge is 0.504 e. The summed E-state index contributed by atoms with van der Waals surface area (Å²) in [4.78, 5) is 4.22. The van der Waals surface area contributed by atoms with E-state index >= 15 is 0 Å². The molecule has 6 nitrogen and oxygen atoms in total. The molecule has 8 heteroatoms. The molecule has 0 atom stereocenters. The lowest BCUT2D eigenvalue weighted by molar-refractivity contribution is 0.373. The SMILES string of the molecule is COc1cccc(C=Nc2ccc(C)c(S(=O)(=O)Nc3ccccc3F)c2)c1O. The number of sulfonamides is 1. The number of aromatic hydroxyl groups is 1. The number of nitrogens with zero attached hydrogens (tertiary/aromatic N) is 1. The van der Waals surface area contributed by atoms with Gasteiger partial charge in [-0.2, -0.15) is 0 Å². The molecule has 150 valence electrons. The van der Waals surface area contributed by atoms with Crippen LogP contribution < -0.4 is 9.46 Å². The predicted molar refractivity (Wildman–Crippen MR) is 110 cm³/mol. The Bertz CT molecular complexity index is 1180. The van der Waals surface area contributed by atoms with Crippen molar-refractivity contribution in [1.29, 1.82) is 0 Å². The van der Waals surface area contributed by atoms with Crippen LogP contribution in [0.2, 0.25) is 0 Å². The van der Waals surface area contributed by atoms with Gasteiger partial charge in [0.2, 0.25) is 0 Å². The maximum Gasteiger partial charge on any atom is 0.262 e. The van der Waals surface area contributed by atoms with Crippen molar-refractivity contribution in [3.63, 3.8) is 0 Å². The Morgan fingerprint density at radius 1 is 1.10 bits per heavy atom. The van der Waals surface area contributed by atoms with Gasteiger partial charge in [-0.25, -0.2) is 12.8 Å². The predicted octanol–water partition coefficient (Wildman–Crippen LogP) is 4.40. The number of nitrogens with one attached hydrogen (secondary N) is 1. The molecule has 0 aromatic heterocycles. The van der Waals surface area contributed by atoms with E-state index in [1.165, 1.54) is 43.7 Å². The fourth-order valence-electron chi connectivity index (χ4n) is 2.65. The zero-order valence-electron chi connectivity index (χ0n) is 15.8. The third kappa shape index (κ3) is 4.55. The van der Waals surface area contributed by atoms with Gasteiger partial charge in [0.15, 0.2) is 11.5 Å². The van der Waals surface area contributed by atoms with Crippen LogP contribution in [-0.4, -0.2) is 26.8 Å². The Labute approximate surface area is 168 Å². The van der Waals surface area contributed by atoms with Crippen molar-refractivity contribution in [2.75, 3.05) is 11.8 Å². The van der Waals surface area contributed by atoms with Crippen molar-refractivity contribution in [1.82, 2.24) is 0 Å². The van der Waals surface area contributed by atoms with Gasteiger partial charge in [-0.05, 0) is 48.9 Å². The van der Waals surface area contributed by atoms with Gasteiger partial charge in [-0.15, -0.1) is 0 Å². The average Bonchev–Trinajstić information content (AvgIpc) is 2.69. The van der Waals surface area contributed by atoms with Crippen LogP contribution in [0.4, 0.5) is 15.8 Å². The Hall–Kier alpha value is -3.39. The van der Waals surface area contributed by atoms with Crippen molar-refractivity contribution in [2.45, 2.75) is 11.8 Å². The van der Waals surface area contributed by atoms with E-state index in [-0.39, 0.29) is 16.3 Å². The molecule has 0 saturated carbocycles. The van der Waals surface area contributed by atoms with Crippen molar-refractivity contribution < 1.29 is 22.7 Å². The molecule has 3 aromatic carbocycles. The van der Waals surface area contributed by atoms with Crippen LogP contribution in [0, 0.1) is 12.7 Å². The maximum absolute atomic E-state index is 13.8. The summed E-state index contributed by atoms with van der Waals surface area (Å²) in [5.74, 6) is -0.438. The third-order valence-electron chi connectivity index (χ3n) is 4.18. The summed E-state index contributed by atoms with van der Waals surface area (Å²) in [5, 5.41) is 10.1. The second kappa shape index (κ2) is 8.32. The van der Waals surface area contributed by atoms with Gasteiger partial charge < -0.3 is 9.84 Å². The van der Waals surface area contributed by atoms with E-state index in [1.807, 2.05) is 0 Å². The number of para-hydroxylation sites is 2. The molecule has 0 bridgehead atoms. The minimum atomic E-state index is -4.02. The summed E-state index contributed by atoms with van der Waals surface area (Å²) in [6.07, 6.45) is 1.41. The van der Waals surface area contributed by atoms with E-state index in [0.29, 0.717) is 22.6 Å². The molecule has 0 saturated heterocycles. The molecule has 2 N–H and O–H groups in total. The van der Waals surface area contributed by atoms with Crippen molar-refractivity contribution in [2.24, 2.45) is 4.99 Å². The standard InChI is InChI=1S/C21H19FN2O4S/c1-14-10-11-16(23-13-15-6-5-9-19(28-2)21(15)25)12-20(14)29(26,27)24-18-8-4-3-7-17(18)22/h3-13,24-25H,1-2H3. The molecule has 0 amide bonds. The fourth-order valence-corrected chi connectivity index (χ4v) is 3.99. The first-order valence-corrected chi connectivity index (χ1v) is 10.1. The topological polar surface area (TPSA) is 88.0 Å². The van der Waals surface area contributed by atoms with Gasteiger partial charge >= 0.3 is 0 Å². The van der Waals surface area contributed by atoms with Gasteiger partial charge in [0, 0.05) is 11.8 Å². The number of aliphatic imine (C=N–C) groups is 1. The first-order valence-electron chi connectivity index (χ1n) is 8.60. The molecule has 3 rings (SSSR count). The van der Waals surface area contributed by atoms with E-state index < -0.39 is 15.8 Å². The highest BCUT2D eigenvalue weighted by Crippen LogP contribution is 2.29. The Morgan fingerprint density at radius 3 is 2.59 bits per heavy atom. The molecular formula is C21H19FN2O4S. The number of benzene rings is 3. The van der Waals surface area contributed by atoms with Gasteiger partial charge in [-0.1, -0.05) is 24.3 Å². The van der Waals surface area contributed by atoms with Crippen molar-refractivity contribution >= 4 is 27.6 Å². The quantitative estimate of drug-likeness (QED) is 0.585. The number of methoxy groups -OCH3 is 1. The minimum absolute atomic E-state index is 0.0229. The van der Waals surface area contributed by atoms with Crippen LogP contribution in [-0.2, 0) is 10.0 Å². The number of phenolic OH excluding ortho intramolecular Hbond substituents is 1. The second-order valence-corrected chi connectivity index (χ2v) is 7.84. The molecule has 29 heavy (non-hydrogen) atoms. The molecule has 3 aromatic rings. The number of rotatable bonds is 6. The monoisotopic (exact) mass is 414 g/mol. The molecule has 0 aliphatic carbocycles. The average molecular weight is 414 g/mol. The number of halogens is 1. The highest BCUT2D eigenvalue weighted by Gasteiger charge is 2.19. The lowest BCUT2D eigenvalue weighted by Gasteiger charge is -2.11. The summed E-state index contributed by atoms with van der Waals surface area (Å²) >= 11 is 0. The van der Waals surface area contributed by atoms with Gasteiger partial charge in [0.25, 0.3) is 10.0 Å². The summed E-state index contributed by atoms with van der Waals surface area (Å²) in [6.45, 7) is 1.64. The number of hydrogen-bond donors (Lipinski definition) is 2. The number of hydrogen-bond acceptors (Lipinski definition) is 5. The van der Waals surface area contributed by atoms with E-state index in [1.54, 1.807) is 37.3 Å². The van der Waals surface area contributed by atoms with Crippen LogP contribution in [0.25, 0.3) is 0 Å². The summed E-state index contributed by atoms with van der Waals surface area (Å²) in [7, 11) is -2.58. The summed E-state index contributed by atoms with van der Waals surface area (Å²) in [6, 6.07) is 15.1. The van der Waals surface area contributed by atoms with Gasteiger partial charge in [-0.3, -0.25) is 9.71 Å². The fraction of sp³-hybridized carbons (Fsp3) is 0.0952. The second-order valence-electron chi connectivity index (χ2n) is 6.19. The Morgan fingerprint density at radius 2 is 1.86 bits per heavy atom. The molecule has 0 aliphatic heterocycles. The summed E-state index contributed by atoms with van der Waals surface area (Å²) in [5.41, 5.74) is 1.12. The van der Waals surface area contributed by atoms with E-state index in [2.05, 4.69) is 9.71 Å². The first kappa shape index (κ1) is 20.3. The van der Waals surface area contributed by atoms with Crippen molar-refractivity contribution in [3.05, 3.63) is 77.6 Å². The number of anilines is 1. The van der Waals surface area contributed by atoms with Crippen LogP contribution >= 0.6 is 0 Å². The lowest BCUT2D eigenvalue weighted by Crippen LogP contribution is -2.15. The molecule has 0 aliphatic rings. The van der Waals surface area contributed by atoms with E-state index in [9.17, 15) is 17.9 Å². The van der Waals surface area contributed by atoms with Crippen LogP contribution in [0.5, 0.6) is 11.5 Å². The number of aryl methyl sites for hydroxylation is 1. The third-order valence-corrected chi connectivity index (χ3v) is 5.69. The molecule has 0 unspecified atom stereocenters. The molecule has 0 radical (unpaired) electrons.